The van der Waals surface area contributed by atoms with Gasteiger partial charge in [-0.15, -0.1) is 11.3 Å². The molecule has 0 radical (unpaired) electrons. The zero-order valence-electron chi connectivity index (χ0n) is 18.5. The first-order valence-corrected chi connectivity index (χ1v) is 12.8. The maximum absolute atomic E-state index is 13.8. The van der Waals surface area contributed by atoms with E-state index in [-0.39, 0.29) is 17.9 Å². The van der Waals surface area contributed by atoms with Crippen molar-refractivity contribution in [3.8, 4) is 0 Å². The molecule has 1 saturated carbocycles. The Morgan fingerprint density at radius 1 is 0.719 bits per heavy atom. The summed E-state index contributed by atoms with van der Waals surface area (Å²) in [6.45, 7) is 3.18. The number of nitrogens with zero attached hydrogens (tertiary/aromatic N) is 3. The molecule has 0 bridgehead atoms. The van der Waals surface area contributed by atoms with Crippen LogP contribution in [0, 0.1) is 0 Å². The average molecular weight is 450 g/mol. The Labute approximate surface area is 194 Å². The lowest BCUT2D eigenvalue weighted by atomic mass is 9.95. The van der Waals surface area contributed by atoms with E-state index in [9.17, 15) is 9.59 Å². The van der Waals surface area contributed by atoms with Crippen LogP contribution < -0.4 is 4.90 Å². The summed E-state index contributed by atoms with van der Waals surface area (Å²) >= 11 is 1.55. The summed E-state index contributed by atoms with van der Waals surface area (Å²) in [4.78, 5) is 34.5. The lowest BCUT2D eigenvalue weighted by Crippen LogP contribution is -2.48. The van der Waals surface area contributed by atoms with Crippen molar-refractivity contribution in [1.82, 2.24) is 9.80 Å². The van der Waals surface area contributed by atoms with E-state index in [1.807, 2.05) is 23.6 Å². The van der Waals surface area contributed by atoms with Crippen LogP contribution in [0.1, 0.15) is 49.8 Å². The summed E-state index contributed by atoms with van der Waals surface area (Å²) in [5.74, 6) is -0.152. The molecule has 0 N–H and O–H groups in total. The second kappa shape index (κ2) is 9.49. The zero-order valence-corrected chi connectivity index (χ0v) is 19.4. The number of rotatable bonds is 4. The number of carbonyl (C=O) groups is 2. The third-order valence-electron chi connectivity index (χ3n) is 7.02. The normalized spacial score (nSPS) is 21.3. The van der Waals surface area contributed by atoms with Gasteiger partial charge in [-0.1, -0.05) is 56.4 Å². The van der Waals surface area contributed by atoms with Gasteiger partial charge in [0.1, 0.15) is 5.70 Å². The maximum atomic E-state index is 13.8. The predicted octanol–water partition coefficient (Wildman–Crippen LogP) is 4.76. The fourth-order valence-electron chi connectivity index (χ4n) is 5.32. The molecule has 1 aliphatic carbocycles. The zero-order chi connectivity index (χ0) is 21.9. The minimum atomic E-state index is -0.0801. The number of anilines is 1. The van der Waals surface area contributed by atoms with Gasteiger partial charge in [0.15, 0.2) is 0 Å². The molecule has 3 aliphatic rings. The highest BCUT2D eigenvalue weighted by Crippen LogP contribution is 2.37. The summed E-state index contributed by atoms with van der Waals surface area (Å²) in [5.41, 5.74) is 2.47. The smallest absolute Gasteiger partial charge is 0.278 e. The van der Waals surface area contributed by atoms with Crippen molar-refractivity contribution < 1.29 is 9.59 Å². The Bertz CT molecular complexity index is 970. The molecule has 6 heteroatoms. The van der Waals surface area contributed by atoms with Crippen molar-refractivity contribution in [1.29, 1.82) is 0 Å². The number of benzene rings is 1. The number of hydrogen-bond donors (Lipinski definition) is 0. The van der Waals surface area contributed by atoms with Crippen LogP contribution in [0.4, 0.5) is 5.69 Å². The van der Waals surface area contributed by atoms with E-state index < -0.39 is 0 Å². The van der Waals surface area contributed by atoms with E-state index in [1.54, 1.807) is 16.2 Å². The van der Waals surface area contributed by atoms with Crippen molar-refractivity contribution in [3.63, 3.8) is 0 Å². The second-order valence-corrected chi connectivity index (χ2v) is 9.94. The molecular weight excluding hydrogens is 418 g/mol. The highest BCUT2D eigenvalue weighted by atomic mass is 32.1. The van der Waals surface area contributed by atoms with Gasteiger partial charge in [-0.05, 0) is 36.4 Å². The van der Waals surface area contributed by atoms with Gasteiger partial charge in [0, 0.05) is 42.8 Å². The van der Waals surface area contributed by atoms with Crippen LogP contribution in [0.5, 0.6) is 0 Å². The van der Waals surface area contributed by atoms with E-state index in [4.69, 9.17) is 0 Å². The summed E-state index contributed by atoms with van der Waals surface area (Å²) < 4.78 is 0. The molecule has 5 rings (SSSR count). The third kappa shape index (κ3) is 4.08. The fourth-order valence-corrected chi connectivity index (χ4v) is 6.09. The summed E-state index contributed by atoms with van der Waals surface area (Å²) in [5, 5.41) is 1.99. The SMILES string of the molecule is O=C1C(c2cccs2)=C(N2CCN(c3ccccc3)CC2)C(=O)N1C1CCCCCCC1. The number of para-hydroxylation sites is 1. The molecule has 2 aromatic rings. The quantitative estimate of drug-likeness (QED) is 0.631. The van der Waals surface area contributed by atoms with Gasteiger partial charge in [-0.2, -0.15) is 0 Å². The first-order valence-electron chi connectivity index (χ1n) is 11.9. The summed E-state index contributed by atoms with van der Waals surface area (Å²) in [7, 11) is 0. The molecule has 0 spiro atoms. The number of carbonyl (C=O) groups excluding carboxylic acids is 2. The van der Waals surface area contributed by atoms with Crippen LogP contribution in [0.3, 0.4) is 0 Å². The first kappa shape index (κ1) is 21.3. The van der Waals surface area contributed by atoms with Crippen molar-refractivity contribution in [2.45, 2.75) is 51.0 Å². The van der Waals surface area contributed by atoms with Crippen LogP contribution in [-0.4, -0.2) is 53.8 Å². The van der Waals surface area contributed by atoms with Gasteiger partial charge in [0.25, 0.3) is 11.8 Å². The number of piperazine rings is 1. The fraction of sp³-hybridized carbons (Fsp3) is 0.462. The number of hydrogen-bond acceptors (Lipinski definition) is 5. The Morgan fingerprint density at radius 3 is 2.03 bits per heavy atom. The van der Waals surface area contributed by atoms with Gasteiger partial charge in [0.05, 0.1) is 5.57 Å². The van der Waals surface area contributed by atoms with Gasteiger partial charge >= 0.3 is 0 Å². The van der Waals surface area contributed by atoms with Crippen LogP contribution >= 0.6 is 11.3 Å². The molecule has 168 valence electrons. The van der Waals surface area contributed by atoms with Crippen molar-refractivity contribution in [2.75, 3.05) is 31.1 Å². The van der Waals surface area contributed by atoms with E-state index in [0.29, 0.717) is 11.3 Å². The molecule has 1 aromatic carbocycles. The molecule has 0 atom stereocenters. The molecule has 1 aromatic heterocycles. The minimum absolute atomic E-state index is 0.0355. The second-order valence-electron chi connectivity index (χ2n) is 8.99. The molecule has 0 unspecified atom stereocenters. The Hall–Kier alpha value is -2.60. The molecule has 2 amide bonds. The Morgan fingerprint density at radius 2 is 1.38 bits per heavy atom. The molecule has 32 heavy (non-hydrogen) atoms. The van der Waals surface area contributed by atoms with Gasteiger partial charge in [0.2, 0.25) is 0 Å². The van der Waals surface area contributed by atoms with E-state index in [2.05, 4.69) is 34.1 Å². The van der Waals surface area contributed by atoms with Crippen molar-refractivity contribution in [3.05, 3.63) is 58.4 Å². The van der Waals surface area contributed by atoms with E-state index in [0.717, 1.165) is 56.7 Å². The summed E-state index contributed by atoms with van der Waals surface area (Å²) in [6.07, 6.45) is 7.74. The molecule has 2 aliphatic heterocycles. The van der Waals surface area contributed by atoms with E-state index in [1.165, 1.54) is 24.9 Å². The van der Waals surface area contributed by atoms with Gasteiger partial charge in [-0.25, -0.2) is 0 Å². The molecule has 3 heterocycles. The van der Waals surface area contributed by atoms with Gasteiger partial charge < -0.3 is 9.80 Å². The molecular formula is C26H31N3O2S. The van der Waals surface area contributed by atoms with Crippen LogP contribution in [0.2, 0.25) is 0 Å². The van der Waals surface area contributed by atoms with E-state index >= 15 is 0 Å². The molecule has 2 fully saturated rings. The number of thiophene rings is 1. The monoisotopic (exact) mass is 449 g/mol. The topological polar surface area (TPSA) is 43.9 Å². The summed E-state index contributed by atoms with van der Waals surface area (Å²) in [6, 6.07) is 14.4. The predicted molar refractivity (Wildman–Crippen MR) is 129 cm³/mol. The van der Waals surface area contributed by atoms with Gasteiger partial charge in [-0.3, -0.25) is 14.5 Å². The number of amides is 2. The third-order valence-corrected chi connectivity index (χ3v) is 7.90. The first-order chi connectivity index (χ1) is 15.7. The highest BCUT2D eigenvalue weighted by molar-refractivity contribution is 7.11. The minimum Gasteiger partial charge on any atom is -0.368 e. The highest BCUT2D eigenvalue weighted by Gasteiger charge is 2.45. The van der Waals surface area contributed by atoms with Crippen LogP contribution in [-0.2, 0) is 9.59 Å². The molecule has 1 saturated heterocycles. The van der Waals surface area contributed by atoms with Crippen molar-refractivity contribution >= 4 is 34.4 Å². The number of imide groups is 1. The van der Waals surface area contributed by atoms with Crippen molar-refractivity contribution in [2.24, 2.45) is 0 Å². The largest absolute Gasteiger partial charge is 0.368 e. The molecule has 5 nitrogen and oxygen atoms in total. The Kier molecular flexibility index (Phi) is 6.30. The average Bonchev–Trinajstić information content (AvgIpc) is 3.41. The Balaban J connectivity index is 1.41. The van der Waals surface area contributed by atoms with Crippen LogP contribution in [0.25, 0.3) is 5.57 Å². The van der Waals surface area contributed by atoms with Crippen LogP contribution in [0.15, 0.2) is 53.5 Å². The maximum Gasteiger partial charge on any atom is 0.278 e. The lowest BCUT2D eigenvalue weighted by molar-refractivity contribution is -0.140. The standard InChI is InChI=1S/C26H31N3O2S/c30-25-23(22-14-9-19-32-22)24(26(31)29(25)21-12-5-2-1-3-6-13-21)28-17-15-27(16-18-28)20-10-7-4-8-11-20/h4,7-11,14,19,21H,1-3,5-6,12-13,15-18H2. The lowest BCUT2D eigenvalue weighted by Gasteiger charge is -2.38.